The zero-order valence-electron chi connectivity index (χ0n) is 6.72. The normalized spacial score (nSPS) is 12.0. The zero-order valence-corrected chi connectivity index (χ0v) is 8.36. The van der Waals surface area contributed by atoms with E-state index in [2.05, 4.69) is 0 Å². The van der Waals surface area contributed by atoms with Gasteiger partial charge in [0.1, 0.15) is 4.90 Å². The lowest BCUT2D eigenvalue weighted by Crippen LogP contribution is -2.00. The maximum Gasteiger partial charge on any atom is 0.295 e. The van der Waals surface area contributed by atoms with Crippen molar-refractivity contribution in [2.24, 2.45) is 0 Å². The van der Waals surface area contributed by atoms with Crippen LogP contribution in [0.2, 0.25) is 0 Å². The van der Waals surface area contributed by atoms with Gasteiger partial charge in [-0.15, -0.1) is 0 Å². The Bertz CT molecular complexity index is 417. The standard InChI is InChI=1S/C7H6F2O3S2/c8-7(9)13-5-3-1-2-4-6(5)14(10,11)12/h1-4,7H,(H,10,11,12). The summed E-state index contributed by atoms with van der Waals surface area (Å²) in [4.78, 5) is -0.657. The van der Waals surface area contributed by atoms with Crippen molar-refractivity contribution >= 4 is 21.9 Å². The molecule has 0 aliphatic heterocycles. The van der Waals surface area contributed by atoms with Crippen LogP contribution < -0.4 is 0 Å². The second-order valence-electron chi connectivity index (χ2n) is 2.30. The van der Waals surface area contributed by atoms with Crippen molar-refractivity contribution in [2.75, 3.05) is 0 Å². The van der Waals surface area contributed by atoms with Gasteiger partial charge in [-0.3, -0.25) is 4.55 Å². The van der Waals surface area contributed by atoms with E-state index in [1.54, 1.807) is 0 Å². The lowest BCUT2D eigenvalue weighted by atomic mass is 10.4. The molecule has 1 aromatic rings. The second-order valence-corrected chi connectivity index (χ2v) is 4.72. The van der Waals surface area contributed by atoms with Crippen molar-refractivity contribution in [3.8, 4) is 0 Å². The highest BCUT2D eigenvalue weighted by Gasteiger charge is 2.17. The maximum absolute atomic E-state index is 12.0. The first-order chi connectivity index (χ1) is 6.41. The summed E-state index contributed by atoms with van der Waals surface area (Å²) < 4.78 is 54.1. The molecule has 0 saturated carbocycles. The number of rotatable bonds is 3. The van der Waals surface area contributed by atoms with Crippen molar-refractivity contribution in [1.29, 1.82) is 0 Å². The molecule has 1 N–H and O–H groups in total. The minimum absolute atomic E-state index is 0.0794. The minimum atomic E-state index is -4.43. The van der Waals surface area contributed by atoms with Crippen molar-refractivity contribution in [2.45, 2.75) is 15.5 Å². The van der Waals surface area contributed by atoms with Gasteiger partial charge in [-0.05, 0) is 12.1 Å². The van der Waals surface area contributed by atoms with Gasteiger partial charge in [0.05, 0.1) is 0 Å². The van der Waals surface area contributed by atoms with Crippen LogP contribution in [0.4, 0.5) is 8.78 Å². The Morgan fingerprint density at radius 3 is 2.36 bits per heavy atom. The Hall–Kier alpha value is -0.660. The monoisotopic (exact) mass is 240 g/mol. The van der Waals surface area contributed by atoms with Crippen LogP contribution in [0.15, 0.2) is 34.1 Å². The number of benzene rings is 1. The van der Waals surface area contributed by atoms with Crippen LogP contribution in [-0.2, 0) is 10.1 Å². The molecule has 1 aromatic carbocycles. The van der Waals surface area contributed by atoms with Gasteiger partial charge in [0.25, 0.3) is 15.9 Å². The smallest absolute Gasteiger partial charge is 0.282 e. The summed E-state index contributed by atoms with van der Waals surface area (Å²) in [6.45, 7) is 0. The summed E-state index contributed by atoms with van der Waals surface area (Å²) in [5, 5.41) is 0. The van der Waals surface area contributed by atoms with E-state index >= 15 is 0 Å². The van der Waals surface area contributed by atoms with Gasteiger partial charge in [0.15, 0.2) is 0 Å². The summed E-state index contributed by atoms with van der Waals surface area (Å²) in [6, 6.07) is 5.04. The molecule has 0 radical (unpaired) electrons. The molecule has 0 amide bonds. The summed E-state index contributed by atoms with van der Waals surface area (Å²) in [5.74, 6) is -2.72. The van der Waals surface area contributed by atoms with Gasteiger partial charge in [0, 0.05) is 4.90 Å². The molecule has 0 unspecified atom stereocenters. The second kappa shape index (κ2) is 4.24. The van der Waals surface area contributed by atoms with E-state index in [1.165, 1.54) is 18.2 Å². The molecule has 0 fully saturated rings. The van der Waals surface area contributed by atoms with Crippen LogP contribution >= 0.6 is 11.8 Å². The maximum atomic E-state index is 12.0. The molecule has 0 aromatic heterocycles. The van der Waals surface area contributed by atoms with Gasteiger partial charge in [-0.1, -0.05) is 23.9 Å². The molecule has 1 rings (SSSR count). The van der Waals surface area contributed by atoms with E-state index in [4.69, 9.17) is 4.55 Å². The van der Waals surface area contributed by atoms with Crippen LogP contribution in [0.1, 0.15) is 0 Å². The number of thioether (sulfide) groups is 1. The molecule has 7 heteroatoms. The summed E-state index contributed by atoms with van der Waals surface area (Å²) in [6.07, 6.45) is 0. The zero-order chi connectivity index (χ0) is 10.8. The predicted octanol–water partition coefficient (Wildman–Crippen LogP) is 2.25. The highest BCUT2D eigenvalue weighted by molar-refractivity contribution is 8.00. The number of hydrogen-bond acceptors (Lipinski definition) is 3. The van der Waals surface area contributed by atoms with E-state index in [9.17, 15) is 17.2 Å². The molecule has 0 aliphatic carbocycles. The van der Waals surface area contributed by atoms with Crippen LogP contribution in [0.25, 0.3) is 0 Å². The first-order valence-electron chi connectivity index (χ1n) is 3.42. The van der Waals surface area contributed by atoms with Gasteiger partial charge in [0.2, 0.25) is 0 Å². The van der Waals surface area contributed by atoms with Crippen molar-refractivity contribution in [1.82, 2.24) is 0 Å². The molecular formula is C7H6F2O3S2. The molecule has 0 heterocycles. The predicted molar refractivity (Wildman–Crippen MR) is 48.1 cm³/mol. The summed E-state index contributed by atoms with van der Waals surface area (Å²) >= 11 is 0.0794. The summed E-state index contributed by atoms with van der Waals surface area (Å²) in [7, 11) is -4.43. The topological polar surface area (TPSA) is 54.4 Å². The third-order valence-corrected chi connectivity index (χ3v) is 3.17. The molecule has 0 bridgehead atoms. The molecular weight excluding hydrogens is 234 g/mol. The fourth-order valence-corrected chi connectivity index (χ4v) is 2.42. The average Bonchev–Trinajstić information content (AvgIpc) is 2.01. The Kier molecular flexibility index (Phi) is 3.46. The Morgan fingerprint density at radius 2 is 1.86 bits per heavy atom. The van der Waals surface area contributed by atoms with Gasteiger partial charge in [-0.2, -0.15) is 17.2 Å². The Balaban J connectivity index is 3.17. The molecule has 3 nitrogen and oxygen atoms in total. The Morgan fingerprint density at radius 1 is 1.29 bits per heavy atom. The van der Waals surface area contributed by atoms with E-state index in [0.29, 0.717) is 0 Å². The molecule has 78 valence electrons. The van der Waals surface area contributed by atoms with Gasteiger partial charge >= 0.3 is 0 Å². The molecule has 0 atom stereocenters. The lowest BCUT2D eigenvalue weighted by molar-refractivity contribution is 0.252. The number of alkyl halides is 2. The highest BCUT2D eigenvalue weighted by Crippen LogP contribution is 2.30. The van der Waals surface area contributed by atoms with E-state index in [0.717, 1.165) is 6.07 Å². The van der Waals surface area contributed by atoms with Crippen LogP contribution in [-0.4, -0.2) is 18.7 Å². The largest absolute Gasteiger partial charge is 0.295 e. The third-order valence-electron chi connectivity index (χ3n) is 1.34. The molecule has 0 saturated heterocycles. The van der Waals surface area contributed by atoms with E-state index in [1.807, 2.05) is 0 Å². The van der Waals surface area contributed by atoms with Crippen LogP contribution in [0, 0.1) is 0 Å². The first kappa shape index (κ1) is 11.4. The van der Waals surface area contributed by atoms with E-state index in [-0.39, 0.29) is 16.7 Å². The summed E-state index contributed by atoms with van der Waals surface area (Å²) in [5.41, 5.74) is 0. The van der Waals surface area contributed by atoms with Crippen molar-refractivity contribution in [3.63, 3.8) is 0 Å². The molecule has 0 aliphatic rings. The van der Waals surface area contributed by atoms with Crippen LogP contribution in [0.5, 0.6) is 0 Å². The fraction of sp³-hybridized carbons (Fsp3) is 0.143. The SMILES string of the molecule is O=S(=O)(O)c1ccccc1SC(F)F. The van der Waals surface area contributed by atoms with Gasteiger partial charge < -0.3 is 0 Å². The first-order valence-corrected chi connectivity index (χ1v) is 5.74. The highest BCUT2D eigenvalue weighted by atomic mass is 32.2. The minimum Gasteiger partial charge on any atom is -0.282 e. The average molecular weight is 240 g/mol. The van der Waals surface area contributed by atoms with Gasteiger partial charge in [-0.25, -0.2) is 0 Å². The van der Waals surface area contributed by atoms with Crippen LogP contribution in [0.3, 0.4) is 0 Å². The lowest BCUT2D eigenvalue weighted by Gasteiger charge is -2.04. The molecule has 0 spiro atoms. The third kappa shape index (κ3) is 2.93. The quantitative estimate of drug-likeness (QED) is 0.650. The van der Waals surface area contributed by atoms with Crippen molar-refractivity contribution in [3.05, 3.63) is 24.3 Å². The van der Waals surface area contributed by atoms with Crippen molar-refractivity contribution < 1.29 is 21.8 Å². The van der Waals surface area contributed by atoms with E-state index < -0.39 is 20.8 Å². The number of halogens is 2. The fourth-order valence-electron chi connectivity index (χ4n) is 0.857. The number of hydrogen-bond donors (Lipinski definition) is 1. The molecule has 14 heavy (non-hydrogen) atoms. The Labute approximate surface area is 83.9 Å².